The van der Waals surface area contributed by atoms with Crippen LogP contribution in [-0.2, 0) is 9.47 Å². The molecule has 0 fully saturated rings. The molecule has 1 aromatic rings. The van der Waals surface area contributed by atoms with E-state index in [1.807, 2.05) is 13.8 Å². The van der Waals surface area contributed by atoms with Crippen molar-refractivity contribution >= 4 is 0 Å². The van der Waals surface area contributed by atoms with Gasteiger partial charge in [-0.2, -0.15) is 0 Å². The second-order valence-corrected chi connectivity index (χ2v) is 3.93. The molecule has 0 aliphatic heterocycles. The molecule has 0 aromatic heterocycles. The maximum atomic E-state index is 13.5. The number of rotatable bonds is 8. The molecule has 0 aliphatic carbocycles. The van der Waals surface area contributed by atoms with Crippen LogP contribution in [0.1, 0.15) is 25.5 Å². The Kier molecular flexibility index (Phi) is 6.77. The Hall–Kier alpha value is -1.17. The lowest BCUT2D eigenvalue weighted by Gasteiger charge is -2.27. The minimum Gasteiger partial charge on any atom is -0.496 e. The Labute approximate surface area is 113 Å². The van der Waals surface area contributed by atoms with Crippen LogP contribution < -0.4 is 10.1 Å². The average Bonchev–Trinajstić information content (AvgIpc) is 2.40. The van der Waals surface area contributed by atoms with Gasteiger partial charge in [-0.1, -0.05) is 0 Å². The van der Waals surface area contributed by atoms with Gasteiger partial charge in [0.1, 0.15) is 11.6 Å². The summed E-state index contributed by atoms with van der Waals surface area (Å²) in [5.41, 5.74) is 0.678. The molecule has 1 unspecified atom stereocenters. The van der Waals surface area contributed by atoms with Crippen molar-refractivity contribution in [2.45, 2.75) is 26.2 Å². The summed E-state index contributed by atoms with van der Waals surface area (Å²) in [6.07, 6.45) is -0.490. The molecule has 0 saturated carbocycles. The first-order valence-electron chi connectivity index (χ1n) is 6.41. The fourth-order valence-corrected chi connectivity index (χ4v) is 1.96. The Bertz CT molecular complexity index is 381. The van der Waals surface area contributed by atoms with Gasteiger partial charge in [-0.05, 0) is 39.1 Å². The normalized spacial score (nSPS) is 12.7. The van der Waals surface area contributed by atoms with Crippen LogP contribution in [0.4, 0.5) is 4.39 Å². The van der Waals surface area contributed by atoms with E-state index in [2.05, 4.69) is 5.32 Å². The minimum absolute atomic E-state index is 0.300. The van der Waals surface area contributed by atoms with Crippen LogP contribution in [-0.4, -0.2) is 33.7 Å². The van der Waals surface area contributed by atoms with Gasteiger partial charge < -0.3 is 19.5 Å². The highest BCUT2D eigenvalue weighted by Gasteiger charge is 2.26. The first-order valence-corrected chi connectivity index (χ1v) is 6.41. The van der Waals surface area contributed by atoms with Gasteiger partial charge in [0, 0.05) is 18.8 Å². The van der Waals surface area contributed by atoms with Crippen molar-refractivity contribution in [2.24, 2.45) is 0 Å². The Morgan fingerprint density at radius 3 is 2.32 bits per heavy atom. The molecule has 0 amide bonds. The molecule has 0 spiro atoms. The van der Waals surface area contributed by atoms with E-state index < -0.39 is 6.29 Å². The monoisotopic (exact) mass is 271 g/mol. The zero-order chi connectivity index (χ0) is 14.3. The molecular formula is C14H22FNO3. The van der Waals surface area contributed by atoms with Crippen molar-refractivity contribution in [2.75, 3.05) is 27.4 Å². The number of hydrogen-bond acceptors (Lipinski definition) is 4. The van der Waals surface area contributed by atoms with Gasteiger partial charge >= 0.3 is 0 Å². The van der Waals surface area contributed by atoms with Crippen molar-refractivity contribution in [3.8, 4) is 5.75 Å². The Morgan fingerprint density at radius 1 is 1.21 bits per heavy atom. The molecule has 0 aliphatic rings. The summed E-state index contributed by atoms with van der Waals surface area (Å²) in [6, 6.07) is 4.10. The third-order valence-electron chi connectivity index (χ3n) is 2.77. The van der Waals surface area contributed by atoms with Crippen LogP contribution in [0, 0.1) is 5.82 Å². The molecule has 1 aromatic carbocycles. The number of halogens is 1. The number of ether oxygens (including phenoxy) is 3. The average molecular weight is 271 g/mol. The molecule has 19 heavy (non-hydrogen) atoms. The highest BCUT2D eigenvalue weighted by Crippen LogP contribution is 2.29. The van der Waals surface area contributed by atoms with Gasteiger partial charge in [-0.15, -0.1) is 0 Å². The van der Waals surface area contributed by atoms with E-state index in [0.717, 1.165) is 0 Å². The zero-order valence-electron chi connectivity index (χ0n) is 11.9. The lowest BCUT2D eigenvalue weighted by atomic mass is 10.0. The van der Waals surface area contributed by atoms with Crippen molar-refractivity contribution in [3.05, 3.63) is 29.6 Å². The van der Waals surface area contributed by atoms with Crippen LogP contribution in [0.2, 0.25) is 0 Å². The van der Waals surface area contributed by atoms with Crippen LogP contribution in [0.3, 0.4) is 0 Å². The summed E-state index contributed by atoms with van der Waals surface area (Å²) < 4.78 is 29.9. The van der Waals surface area contributed by atoms with E-state index in [9.17, 15) is 4.39 Å². The lowest BCUT2D eigenvalue weighted by molar-refractivity contribution is -0.154. The third-order valence-corrected chi connectivity index (χ3v) is 2.77. The van der Waals surface area contributed by atoms with Crippen LogP contribution in [0.25, 0.3) is 0 Å². The molecular weight excluding hydrogens is 249 g/mol. The molecule has 1 N–H and O–H groups in total. The quantitative estimate of drug-likeness (QED) is 0.737. The van der Waals surface area contributed by atoms with Crippen molar-refractivity contribution in [3.63, 3.8) is 0 Å². The van der Waals surface area contributed by atoms with E-state index in [0.29, 0.717) is 24.5 Å². The molecule has 1 rings (SSSR count). The number of methoxy groups -OCH3 is 1. The van der Waals surface area contributed by atoms with Gasteiger partial charge in [0.25, 0.3) is 0 Å². The molecule has 5 heteroatoms. The minimum atomic E-state index is -0.490. The molecule has 0 heterocycles. The Balaban J connectivity index is 3.08. The van der Waals surface area contributed by atoms with Crippen molar-refractivity contribution in [1.29, 1.82) is 0 Å². The summed E-state index contributed by atoms with van der Waals surface area (Å²) in [6.45, 7) is 4.81. The summed E-state index contributed by atoms with van der Waals surface area (Å²) in [5, 5.41) is 3.09. The summed E-state index contributed by atoms with van der Waals surface area (Å²) in [7, 11) is 3.33. The standard InChI is InChI=1S/C14H22FNO3/c1-5-18-14(19-6-2)13(16-3)11-9-10(15)7-8-12(11)17-4/h7-9,13-14,16H,5-6H2,1-4H3. The van der Waals surface area contributed by atoms with E-state index >= 15 is 0 Å². The predicted octanol–water partition coefficient (Wildman–Crippen LogP) is 2.49. The smallest absolute Gasteiger partial charge is 0.176 e. The Morgan fingerprint density at radius 2 is 1.84 bits per heavy atom. The molecule has 0 bridgehead atoms. The van der Waals surface area contributed by atoms with Gasteiger partial charge in [0.2, 0.25) is 0 Å². The topological polar surface area (TPSA) is 39.7 Å². The van der Waals surface area contributed by atoms with E-state index in [-0.39, 0.29) is 11.9 Å². The number of likely N-dealkylation sites (N-methyl/N-ethyl adjacent to an activating group) is 1. The third kappa shape index (κ3) is 4.16. The van der Waals surface area contributed by atoms with Crippen LogP contribution >= 0.6 is 0 Å². The molecule has 4 nitrogen and oxygen atoms in total. The summed E-state index contributed by atoms with van der Waals surface area (Å²) in [5.74, 6) is 0.285. The second-order valence-electron chi connectivity index (χ2n) is 3.93. The van der Waals surface area contributed by atoms with E-state index in [4.69, 9.17) is 14.2 Å². The lowest BCUT2D eigenvalue weighted by Crippen LogP contribution is -2.34. The van der Waals surface area contributed by atoms with Crippen molar-refractivity contribution < 1.29 is 18.6 Å². The summed E-state index contributed by atoms with van der Waals surface area (Å²) in [4.78, 5) is 0. The van der Waals surface area contributed by atoms with E-state index in [1.54, 1.807) is 20.2 Å². The first kappa shape index (κ1) is 15.9. The molecule has 108 valence electrons. The predicted molar refractivity (Wildman–Crippen MR) is 71.8 cm³/mol. The molecule has 0 saturated heterocycles. The number of hydrogen-bond donors (Lipinski definition) is 1. The van der Waals surface area contributed by atoms with Crippen molar-refractivity contribution in [1.82, 2.24) is 5.32 Å². The SMILES string of the molecule is CCOC(OCC)C(NC)c1cc(F)ccc1OC. The second kappa shape index (κ2) is 8.09. The van der Waals surface area contributed by atoms with Crippen LogP contribution in [0.15, 0.2) is 18.2 Å². The van der Waals surface area contributed by atoms with Crippen LogP contribution in [0.5, 0.6) is 5.75 Å². The van der Waals surface area contributed by atoms with E-state index in [1.165, 1.54) is 12.1 Å². The fraction of sp³-hybridized carbons (Fsp3) is 0.571. The van der Waals surface area contributed by atoms with Gasteiger partial charge in [0.15, 0.2) is 6.29 Å². The first-order chi connectivity index (χ1) is 9.17. The maximum Gasteiger partial charge on any atom is 0.176 e. The largest absolute Gasteiger partial charge is 0.496 e. The van der Waals surface area contributed by atoms with Gasteiger partial charge in [-0.25, -0.2) is 4.39 Å². The zero-order valence-corrected chi connectivity index (χ0v) is 11.9. The highest BCUT2D eigenvalue weighted by molar-refractivity contribution is 5.37. The summed E-state index contributed by atoms with van der Waals surface area (Å²) >= 11 is 0. The molecule has 1 atom stereocenters. The number of benzene rings is 1. The van der Waals surface area contributed by atoms with Gasteiger partial charge in [0.05, 0.1) is 13.2 Å². The fourth-order valence-electron chi connectivity index (χ4n) is 1.96. The van der Waals surface area contributed by atoms with Gasteiger partial charge in [-0.3, -0.25) is 0 Å². The number of nitrogens with one attached hydrogen (secondary N) is 1. The maximum absolute atomic E-state index is 13.5. The highest BCUT2D eigenvalue weighted by atomic mass is 19.1. The molecule has 0 radical (unpaired) electrons.